The number of benzene rings is 1. The Kier molecular flexibility index (Phi) is 2.18. The Hall–Kier alpha value is -2.17. The van der Waals surface area contributed by atoms with E-state index in [9.17, 15) is 4.39 Å². The molecule has 1 aliphatic heterocycles. The molecule has 0 amide bonds. The third kappa shape index (κ3) is 1.69. The largest absolute Gasteiger partial charge is 0.360 e. The first-order chi connectivity index (χ1) is 8.24. The fraction of sp³-hybridized carbons (Fsp3) is 0.167. The summed E-state index contributed by atoms with van der Waals surface area (Å²) < 4.78 is 18.1. The van der Waals surface area contributed by atoms with Crippen LogP contribution in [0, 0.1) is 11.2 Å². The van der Waals surface area contributed by atoms with Crippen molar-refractivity contribution in [2.45, 2.75) is 13.1 Å². The standard InChI is InChI=1S/C12H10FN3O/c13-9-2-1-8-6-16(12(14)11(8)5-9)7-10-3-4-15-17-10/h1-5,14H,6-7H2. The van der Waals surface area contributed by atoms with E-state index in [0.29, 0.717) is 30.2 Å². The minimum absolute atomic E-state index is 0.310. The Morgan fingerprint density at radius 2 is 2.29 bits per heavy atom. The molecule has 17 heavy (non-hydrogen) atoms. The summed E-state index contributed by atoms with van der Waals surface area (Å²) in [4.78, 5) is 1.82. The number of nitrogens with one attached hydrogen (secondary N) is 1. The fourth-order valence-electron chi connectivity index (χ4n) is 2.01. The Balaban J connectivity index is 1.86. The van der Waals surface area contributed by atoms with E-state index in [2.05, 4.69) is 5.16 Å². The zero-order valence-corrected chi connectivity index (χ0v) is 8.98. The van der Waals surface area contributed by atoms with Gasteiger partial charge in [0.25, 0.3) is 0 Å². The number of aromatic nitrogens is 1. The van der Waals surface area contributed by atoms with Gasteiger partial charge in [-0.1, -0.05) is 11.2 Å². The maximum atomic E-state index is 13.1. The van der Waals surface area contributed by atoms with Crippen LogP contribution in [0.3, 0.4) is 0 Å². The van der Waals surface area contributed by atoms with Gasteiger partial charge in [0.15, 0.2) is 5.76 Å². The molecule has 1 N–H and O–H groups in total. The highest BCUT2D eigenvalue weighted by molar-refractivity contribution is 6.00. The minimum atomic E-state index is -0.310. The molecule has 1 aromatic carbocycles. The molecule has 0 saturated carbocycles. The molecule has 1 aliphatic rings. The lowest BCUT2D eigenvalue weighted by molar-refractivity contribution is 0.320. The molecule has 2 heterocycles. The number of rotatable bonds is 2. The van der Waals surface area contributed by atoms with Crippen molar-refractivity contribution in [2.24, 2.45) is 0 Å². The van der Waals surface area contributed by atoms with Gasteiger partial charge in [0.2, 0.25) is 0 Å². The summed E-state index contributed by atoms with van der Waals surface area (Å²) >= 11 is 0. The molecule has 1 aromatic heterocycles. The summed E-state index contributed by atoms with van der Waals surface area (Å²) in [5.41, 5.74) is 1.63. The van der Waals surface area contributed by atoms with Crippen molar-refractivity contribution >= 4 is 5.84 Å². The highest BCUT2D eigenvalue weighted by Crippen LogP contribution is 2.24. The van der Waals surface area contributed by atoms with Crippen molar-refractivity contribution in [1.29, 1.82) is 5.41 Å². The molecule has 0 fully saturated rings. The van der Waals surface area contributed by atoms with E-state index >= 15 is 0 Å². The van der Waals surface area contributed by atoms with Gasteiger partial charge in [0.1, 0.15) is 11.7 Å². The maximum Gasteiger partial charge on any atom is 0.156 e. The van der Waals surface area contributed by atoms with Gasteiger partial charge in [-0.3, -0.25) is 5.41 Å². The van der Waals surface area contributed by atoms with Crippen LogP contribution in [0.2, 0.25) is 0 Å². The van der Waals surface area contributed by atoms with Crippen molar-refractivity contribution in [3.63, 3.8) is 0 Å². The van der Waals surface area contributed by atoms with Crippen molar-refractivity contribution in [2.75, 3.05) is 0 Å². The third-order valence-electron chi connectivity index (χ3n) is 2.84. The first-order valence-corrected chi connectivity index (χ1v) is 5.26. The minimum Gasteiger partial charge on any atom is -0.360 e. The lowest BCUT2D eigenvalue weighted by atomic mass is 10.1. The van der Waals surface area contributed by atoms with E-state index in [1.165, 1.54) is 12.1 Å². The van der Waals surface area contributed by atoms with E-state index in [-0.39, 0.29) is 5.82 Å². The normalized spacial score (nSPS) is 14.2. The topological polar surface area (TPSA) is 53.1 Å². The molecular weight excluding hydrogens is 221 g/mol. The number of fused-ring (bicyclic) bond motifs is 1. The van der Waals surface area contributed by atoms with E-state index in [1.54, 1.807) is 18.3 Å². The van der Waals surface area contributed by atoms with Crippen molar-refractivity contribution in [1.82, 2.24) is 10.1 Å². The van der Waals surface area contributed by atoms with Gasteiger partial charge >= 0.3 is 0 Å². The second-order valence-corrected chi connectivity index (χ2v) is 3.98. The van der Waals surface area contributed by atoms with Crippen LogP contribution in [0.1, 0.15) is 16.9 Å². The van der Waals surface area contributed by atoms with Crippen molar-refractivity contribution in [3.8, 4) is 0 Å². The number of hydrogen-bond acceptors (Lipinski definition) is 3. The third-order valence-corrected chi connectivity index (χ3v) is 2.84. The predicted molar refractivity (Wildman–Crippen MR) is 59.0 cm³/mol. The van der Waals surface area contributed by atoms with E-state index in [0.717, 1.165) is 5.56 Å². The number of nitrogens with zero attached hydrogens (tertiary/aromatic N) is 2. The number of halogens is 1. The summed E-state index contributed by atoms with van der Waals surface area (Å²) in [5.74, 6) is 0.717. The molecule has 0 bridgehead atoms. The van der Waals surface area contributed by atoms with Crippen LogP contribution in [0.15, 0.2) is 35.0 Å². The van der Waals surface area contributed by atoms with E-state index in [1.807, 2.05) is 4.90 Å². The van der Waals surface area contributed by atoms with Gasteiger partial charge < -0.3 is 9.42 Å². The highest BCUT2D eigenvalue weighted by atomic mass is 19.1. The second kappa shape index (κ2) is 3.69. The molecule has 0 atom stereocenters. The Bertz CT molecular complexity index is 565. The van der Waals surface area contributed by atoms with Gasteiger partial charge in [-0.15, -0.1) is 0 Å². The average molecular weight is 231 g/mol. The van der Waals surface area contributed by atoms with Gasteiger partial charge in [-0.2, -0.15) is 0 Å². The molecular formula is C12H10FN3O. The molecule has 0 unspecified atom stereocenters. The Morgan fingerprint density at radius 1 is 1.41 bits per heavy atom. The average Bonchev–Trinajstić information content (AvgIpc) is 2.91. The van der Waals surface area contributed by atoms with Crippen LogP contribution >= 0.6 is 0 Å². The smallest absolute Gasteiger partial charge is 0.156 e. The maximum absolute atomic E-state index is 13.1. The second-order valence-electron chi connectivity index (χ2n) is 3.98. The van der Waals surface area contributed by atoms with Crippen LogP contribution in [-0.4, -0.2) is 15.9 Å². The monoisotopic (exact) mass is 231 g/mol. The highest BCUT2D eigenvalue weighted by Gasteiger charge is 2.25. The molecule has 0 radical (unpaired) electrons. The first kappa shape index (κ1) is 10.0. The molecule has 2 aromatic rings. The first-order valence-electron chi connectivity index (χ1n) is 5.26. The van der Waals surface area contributed by atoms with E-state index < -0.39 is 0 Å². The predicted octanol–water partition coefficient (Wildman–Crippen LogP) is 2.15. The van der Waals surface area contributed by atoms with Crippen LogP contribution < -0.4 is 0 Å². The number of hydrogen-bond donors (Lipinski definition) is 1. The SMILES string of the molecule is N=C1c2cc(F)ccc2CN1Cc1ccno1. The van der Waals surface area contributed by atoms with Gasteiger partial charge in [0, 0.05) is 18.2 Å². The Labute approximate surface area is 97.2 Å². The van der Waals surface area contributed by atoms with Gasteiger partial charge in [-0.05, 0) is 17.7 Å². The summed E-state index contributed by atoms with van der Waals surface area (Å²) in [6.07, 6.45) is 1.57. The fourth-order valence-corrected chi connectivity index (χ4v) is 2.01. The van der Waals surface area contributed by atoms with Crippen molar-refractivity contribution < 1.29 is 8.91 Å². The molecule has 5 heteroatoms. The van der Waals surface area contributed by atoms with Crippen LogP contribution in [0.4, 0.5) is 4.39 Å². The van der Waals surface area contributed by atoms with E-state index in [4.69, 9.17) is 9.93 Å². The van der Waals surface area contributed by atoms with Gasteiger partial charge in [-0.25, -0.2) is 4.39 Å². The van der Waals surface area contributed by atoms with Gasteiger partial charge in [0.05, 0.1) is 12.7 Å². The zero-order chi connectivity index (χ0) is 11.8. The molecule has 4 nitrogen and oxygen atoms in total. The summed E-state index contributed by atoms with van der Waals surface area (Å²) in [5, 5.41) is 11.6. The van der Waals surface area contributed by atoms with Crippen LogP contribution in [0.25, 0.3) is 0 Å². The quantitative estimate of drug-likeness (QED) is 0.861. The zero-order valence-electron chi connectivity index (χ0n) is 8.98. The number of amidine groups is 1. The lowest BCUT2D eigenvalue weighted by Gasteiger charge is -2.15. The molecule has 86 valence electrons. The molecule has 0 aliphatic carbocycles. The molecule has 3 rings (SSSR count). The summed E-state index contributed by atoms with van der Waals surface area (Å²) in [6.45, 7) is 1.09. The Morgan fingerprint density at radius 3 is 3.06 bits per heavy atom. The summed E-state index contributed by atoms with van der Waals surface area (Å²) in [6, 6.07) is 6.30. The summed E-state index contributed by atoms with van der Waals surface area (Å²) in [7, 11) is 0. The van der Waals surface area contributed by atoms with Crippen LogP contribution in [0.5, 0.6) is 0 Å². The molecule has 0 saturated heterocycles. The van der Waals surface area contributed by atoms with Crippen LogP contribution in [-0.2, 0) is 13.1 Å². The molecule has 0 spiro atoms. The lowest BCUT2D eigenvalue weighted by Crippen LogP contribution is -2.22. The van der Waals surface area contributed by atoms with Crippen molar-refractivity contribution in [3.05, 3.63) is 53.2 Å².